The minimum absolute atomic E-state index is 0.0282. The minimum atomic E-state index is -0.597. The normalized spacial score (nSPS) is 12.3. The van der Waals surface area contributed by atoms with Crippen molar-refractivity contribution in [1.29, 1.82) is 0 Å². The average Bonchev–Trinajstić information content (AvgIpc) is 2.21. The number of primary amides is 1. The minimum Gasteiger partial charge on any atom is -0.508 e. The number of nitrogens with one attached hydrogen (secondary N) is 1. The summed E-state index contributed by atoms with van der Waals surface area (Å²) in [5, 5.41) is 18.8. The molecule has 0 bridgehead atoms. The fraction of sp³-hybridized carbons (Fsp3) is 0.300. The summed E-state index contributed by atoms with van der Waals surface area (Å²) in [6, 6.07) is 3.76. The molecule has 1 amide bonds. The molecule has 0 saturated heterocycles. The van der Waals surface area contributed by atoms with E-state index in [9.17, 15) is 15.0 Å². The van der Waals surface area contributed by atoms with Gasteiger partial charge in [-0.1, -0.05) is 0 Å². The SMILES string of the molecule is CC(NOCC(N)=O)c1cc(O)ccc1O. The van der Waals surface area contributed by atoms with Gasteiger partial charge in [-0.25, -0.2) is 0 Å². The topological polar surface area (TPSA) is 105 Å². The molecule has 0 saturated carbocycles. The number of carbonyl (C=O) groups excluding carboxylic acids is 1. The molecule has 0 fully saturated rings. The highest BCUT2D eigenvalue weighted by Gasteiger charge is 2.11. The number of hydroxylamine groups is 1. The van der Waals surface area contributed by atoms with Crippen molar-refractivity contribution in [2.75, 3.05) is 6.61 Å². The number of hydrogen-bond donors (Lipinski definition) is 4. The highest BCUT2D eigenvalue weighted by Crippen LogP contribution is 2.27. The molecule has 1 aromatic rings. The number of phenolic OH excluding ortho intramolecular Hbond substituents is 2. The average molecular weight is 226 g/mol. The molecular formula is C10H14N2O4. The lowest BCUT2D eigenvalue weighted by molar-refractivity contribution is -0.126. The number of nitrogens with two attached hydrogens (primary N) is 1. The quantitative estimate of drug-likeness (QED) is 0.423. The van der Waals surface area contributed by atoms with Crippen molar-refractivity contribution in [2.24, 2.45) is 5.73 Å². The second-order valence-corrected chi connectivity index (χ2v) is 3.34. The molecule has 0 aromatic heterocycles. The monoisotopic (exact) mass is 226 g/mol. The van der Waals surface area contributed by atoms with Crippen molar-refractivity contribution in [3.8, 4) is 11.5 Å². The Bertz CT molecular complexity index is 381. The highest BCUT2D eigenvalue weighted by molar-refractivity contribution is 5.74. The van der Waals surface area contributed by atoms with Gasteiger partial charge in [0.15, 0.2) is 0 Å². The predicted octanol–water partition coefficient (Wildman–Crippen LogP) is 0.165. The second kappa shape index (κ2) is 5.34. The van der Waals surface area contributed by atoms with Crippen LogP contribution in [0.15, 0.2) is 18.2 Å². The zero-order chi connectivity index (χ0) is 12.1. The van der Waals surface area contributed by atoms with Crippen molar-refractivity contribution >= 4 is 5.91 Å². The van der Waals surface area contributed by atoms with Crippen LogP contribution in [-0.2, 0) is 9.63 Å². The molecule has 88 valence electrons. The molecule has 16 heavy (non-hydrogen) atoms. The van der Waals surface area contributed by atoms with Crippen LogP contribution in [0.5, 0.6) is 11.5 Å². The van der Waals surface area contributed by atoms with Crippen LogP contribution < -0.4 is 11.2 Å². The molecule has 0 spiro atoms. The van der Waals surface area contributed by atoms with E-state index in [0.29, 0.717) is 5.56 Å². The number of phenols is 2. The van der Waals surface area contributed by atoms with Gasteiger partial charge in [0, 0.05) is 5.56 Å². The van der Waals surface area contributed by atoms with Crippen LogP contribution in [0.1, 0.15) is 18.5 Å². The van der Waals surface area contributed by atoms with E-state index >= 15 is 0 Å². The molecule has 1 aromatic carbocycles. The van der Waals surface area contributed by atoms with Crippen molar-refractivity contribution < 1.29 is 19.8 Å². The zero-order valence-corrected chi connectivity index (χ0v) is 8.80. The van der Waals surface area contributed by atoms with E-state index in [0.717, 1.165) is 0 Å². The summed E-state index contributed by atoms with van der Waals surface area (Å²) in [5.41, 5.74) is 7.87. The first kappa shape index (κ1) is 12.3. The van der Waals surface area contributed by atoms with Crippen LogP contribution in [0.3, 0.4) is 0 Å². The Morgan fingerprint density at radius 1 is 1.56 bits per heavy atom. The molecular weight excluding hydrogens is 212 g/mol. The fourth-order valence-corrected chi connectivity index (χ4v) is 1.19. The highest BCUT2D eigenvalue weighted by atomic mass is 16.6. The Kier molecular flexibility index (Phi) is 4.10. The number of rotatable bonds is 5. The molecule has 5 N–H and O–H groups in total. The lowest BCUT2D eigenvalue weighted by Gasteiger charge is -2.14. The summed E-state index contributed by atoms with van der Waals surface area (Å²) in [6.07, 6.45) is 0. The van der Waals surface area contributed by atoms with Crippen molar-refractivity contribution in [2.45, 2.75) is 13.0 Å². The lowest BCUT2D eigenvalue weighted by Crippen LogP contribution is -2.26. The molecule has 6 heteroatoms. The second-order valence-electron chi connectivity index (χ2n) is 3.34. The molecule has 6 nitrogen and oxygen atoms in total. The molecule has 1 atom stereocenters. The third-order valence-electron chi connectivity index (χ3n) is 1.95. The summed E-state index contributed by atoms with van der Waals surface area (Å²) in [4.78, 5) is 15.2. The maximum absolute atomic E-state index is 10.4. The maximum atomic E-state index is 10.4. The lowest BCUT2D eigenvalue weighted by atomic mass is 10.1. The van der Waals surface area contributed by atoms with Gasteiger partial charge in [0.25, 0.3) is 0 Å². The van der Waals surface area contributed by atoms with Gasteiger partial charge in [0.05, 0.1) is 6.04 Å². The maximum Gasteiger partial charge on any atom is 0.245 e. The van der Waals surface area contributed by atoms with E-state index in [4.69, 9.17) is 10.6 Å². The van der Waals surface area contributed by atoms with Gasteiger partial charge < -0.3 is 15.9 Å². The van der Waals surface area contributed by atoms with Gasteiger partial charge in [0.1, 0.15) is 18.1 Å². The smallest absolute Gasteiger partial charge is 0.245 e. The Balaban J connectivity index is 2.61. The Hall–Kier alpha value is -1.79. The Morgan fingerprint density at radius 3 is 2.88 bits per heavy atom. The first-order valence-corrected chi connectivity index (χ1v) is 4.68. The van der Waals surface area contributed by atoms with Crippen molar-refractivity contribution in [1.82, 2.24) is 5.48 Å². The summed E-state index contributed by atoms with van der Waals surface area (Å²) >= 11 is 0. The largest absolute Gasteiger partial charge is 0.508 e. The number of amides is 1. The summed E-state index contributed by atoms with van der Waals surface area (Å²) in [5.74, 6) is -0.531. The van der Waals surface area contributed by atoms with Gasteiger partial charge in [-0.05, 0) is 25.1 Å². The molecule has 0 aliphatic carbocycles. The van der Waals surface area contributed by atoms with E-state index in [2.05, 4.69) is 5.48 Å². The number of aromatic hydroxyl groups is 2. The Labute approximate surface area is 92.6 Å². The van der Waals surface area contributed by atoms with Crippen molar-refractivity contribution in [3.05, 3.63) is 23.8 Å². The first-order chi connectivity index (χ1) is 7.50. The van der Waals surface area contributed by atoms with Gasteiger partial charge >= 0.3 is 0 Å². The number of hydrogen-bond acceptors (Lipinski definition) is 5. The van der Waals surface area contributed by atoms with Gasteiger partial charge in [-0.15, -0.1) is 0 Å². The number of benzene rings is 1. The Morgan fingerprint density at radius 2 is 2.25 bits per heavy atom. The standard InChI is InChI=1S/C10H14N2O4/c1-6(12-16-5-10(11)15)8-4-7(13)2-3-9(8)14/h2-4,6,12-14H,5H2,1H3,(H2,11,15). The third-order valence-corrected chi connectivity index (χ3v) is 1.95. The van der Waals surface area contributed by atoms with Crippen LogP contribution in [0.2, 0.25) is 0 Å². The predicted molar refractivity (Wildman–Crippen MR) is 56.5 cm³/mol. The van der Waals surface area contributed by atoms with Gasteiger partial charge in [0.2, 0.25) is 5.91 Å². The molecule has 0 radical (unpaired) electrons. The molecule has 0 heterocycles. The summed E-state index contributed by atoms with van der Waals surface area (Å²) in [6.45, 7) is 1.44. The van der Waals surface area contributed by atoms with E-state index in [1.807, 2.05) is 0 Å². The third kappa shape index (κ3) is 3.41. The van der Waals surface area contributed by atoms with E-state index in [1.54, 1.807) is 6.92 Å². The van der Waals surface area contributed by atoms with Crippen LogP contribution in [0, 0.1) is 0 Å². The van der Waals surface area contributed by atoms with Crippen molar-refractivity contribution in [3.63, 3.8) is 0 Å². The van der Waals surface area contributed by atoms with E-state index < -0.39 is 5.91 Å². The first-order valence-electron chi connectivity index (χ1n) is 4.68. The summed E-state index contributed by atoms with van der Waals surface area (Å²) < 4.78 is 0. The molecule has 1 unspecified atom stereocenters. The zero-order valence-electron chi connectivity index (χ0n) is 8.80. The number of carbonyl (C=O) groups is 1. The van der Waals surface area contributed by atoms with Crippen LogP contribution in [-0.4, -0.2) is 22.7 Å². The molecule has 1 rings (SSSR count). The van der Waals surface area contributed by atoms with Crippen LogP contribution in [0.25, 0.3) is 0 Å². The van der Waals surface area contributed by atoms with E-state index in [1.165, 1.54) is 18.2 Å². The van der Waals surface area contributed by atoms with Gasteiger partial charge in [-0.2, -0.15) is 5.48 Å². The van der Waals surface area contributed by atoms with E-state index in [-0.39, 0.29) is 24.1 Å². The molecule has 0 aliphatic heterocycles. The van der Waals surface area contributed by atoms with Crippen LogP contribution >= 0.6 is 0 Å². The summed E-state index contributed by atoms with van der Waals surface area (Å²) in [7, 11) is 0. The fourth-order valence-electron chi connectivity index (χ4n) is 1.19. The molecule has 0 aliphatic rings. The van der Waals surface area contributed by atoms with Crippen LogP contribution in [0.4, 0.5) is 0 Å². The van der Waals surface area contributed by atoms with Gasteiger partial charge in [-0.3, -0.25) is 9.63 Å².